The second-order valence-corrected chi connectivity index (χ2v) is 4.78. The third kappa shape index (κ3) is 3.43. The Morgan fingerprint density at radius 1 is 1.22 bits per heavy atom. The van der Waals surface area contributed by atoms with E-state index in [0.29, 0.717) is 23.6 Å². The van der Waals surface area contributed by atoms with E-state index in [1.165, 1.54) is 0 Å². The van der Waals surface area contributed by atoms with Crippen LogP contribution in [0, 0.1) is 0 Å². The average molecular weight is 254 g/mol. The molecule has 1 rings (SSSR count). The van der Waals surface area contributed by atoms with Gasteiger partial charge in [0, 0.05) is 24.3 Å². The summed E-state index contributed by atoms with van der Waals surface area (Å²) < 4.78 is 10.4. The summed E-state index contributed by atoms with van der Waals surface area (Å²) in [5, 5.41) is 12.3. The van der Waals surface area contributed by atoms with Crippen molar-refractivity contribution in [2.24, 2.45) is 0 Å². The number of nitrogen functional groups attached to an aromatic ring is 1. The van der Waals surface area contributed by atoms with Crippen molar-refractivity contribution in [1.29, 1.82) is 0 Å². The molecule has 0 unspecified atom stereocenters. The van der Waals surface area contributed by atoms with E-state index in [-0.39, 0.29) is 12.1 Å². The van der Waals surface area contributed by atoms with Gasteiger partial charge in [-0.2, -0.15) is 0 Å². The number of ether oxygens (including phenoxy) is 2. The predicted molar refractivity (Wildman–Crippen MR) is 73.4 cm³/mol. The molecule has 0 amide bonds. The van der Waals surface area contributed by atoms with E-state index >= 15 is 0 Å². The Balaban J connectivity index is 3.02. The topological polar surface area (TPSA) is 76.7 Å². The highest BCUT2D eigenvalue weighted by Crippen LogP contribution is 2.36. The van der Waals surface area contributed by atoms with Crippen molar-refractivity contribution in [3.63, 3.8) is 0 Å². The predicted octanol–water partition coefficient (Wildman–Crippen LogP) is 1.86. The van der Waals surface area contributed by atoms with Gasteiger partial charge >= 0.3 is 0 Å². The van der Waals surface area contributed by atoms with Crippen LogP contribution >= 0.6 is 0 Å². The number of methoxy groups -OCH3 is 2. The first kappa shape index (κ1) is 14.4. The number of nitrogens with two attached hydrogens (primary N) is 1. The molecular weight excluding hydrogens is 232 g/mol. The number of benzene rings is 1. The van der Waals surface area contributed by atoms with Crippen molar-refractivity contribution in [1.82, 2.24) is 0 Å². The van der Waals surface area contributed by atoms with E-state index in [9.17, 15) is 0 Å². The highest BCUT2D eigenvalue weighted by molar-refractivity contribution is 5.72. The Morgan fingerprint density at radius 2 is 1.78 bits per heavy atom. The van der Waals surface area contributed by atoms with E-state index in [4.69, 9.17) is 20.3 Å². The van der Waals surface area contributed by atoms with Crippen LogP contribution in [-0.2, 0) is 0 Å². The maximum absolute atomic E-state index is 9.02. The summed E-state index contributed by atoms with van der Waals surface area (Å²) in [6, 6.07) is 3.52. The van der Waals surface area contributed by atoms with Crippen molar-refractivity contribution >= 4 is 11.4 Å². The maximum Gasteiger partial charge on any atom is 0.162 e. The van der Waals surface area contributed by atoms with Gasteiger partial charge in [-0.05, 0) is 20.3 Å². The summed E-state index contributed by atoms with van der Waals surface area (Å²) in [4.78, 5) is 0. The fourth-order valence-corrected chi connectivity index (χ4v) is 1.71. The zero-order chi connectivity index (χ0) is 13.8. The van der Waals surface area contributed by atoms with Gasteiger partial charge in [-0.1, -0.05) is 0 Å². The van der Waals surface area contributed by atoms with Crippen LogP contribution in [0.1, 0.15) is 20.3 Å². The molecule has 0 aliphatic carbocycles. The normalized spacial score (nSPS) is 11.2. The highest BCUT2D eigenvalue weighted by Gasteiger charge is 2.19. The Hall–Kier alpha value is -1.62. The Kier molecular flexibility index (Phi) is 4.67. The Morgan fingerprint density at radius 3 is 2.28 bits per heavy atom. The molecule has 18 heavy (non-hydrogen) atoms. The third-order valence-corrected chi connectivity index (χ3v) is 2.77. The minimum Gasteiger partial charge on any atom is -0.493 e. The van der Waals surface area contributed by atoms with Gasteiger partial charge in [-0.15, -0.1) is 0 Å². The molecule has 0 radical (unpaired) electrons. The van der Waals surface area contributed by atoms with Crippen LogP contribution in [0.3, 0.4) is 0 Å². The van der Waals surface area contributed by atoms with Gasteiger partial charge in [0.2, 0.25) is 0 Å². The second kappa shape index (κ2) is 5.82. The van der Waals surface area contributed by atoms with Crippen molar-refractivity contribution in [2.45, 2.75) is 25.8 Å². The van der Waals surface area contributed by atoms with Crippen LogP contribution in [0.15, 0.2) is 12.1 Å². The van der Waals surface area contributed by atoms with Crippen molar-refractivity contribution in [2.75, 3.05) is 31.9 Å². The molecule has 0 heterocycles. The molecule has 0 saturated heterocycles. The first-order valence-corrected chi connectivity index (χ1v) is 5.84. The molecule has 0 saturated carbocycles. The number of aliphatic hydroxyl groups excluding tert-OH is 1. The number of nitrogens with one attached hydrogen (secondary N) is 1. The molecule has 5 nitrogen and oxygen atoms in total. The van der Waals surface area contributed by atoms with Gasteiger partial charge in [0.1, 0.15) is 0 Å². The lowest BCUT2D eigenvalue weighted by molar-refractivity contribution is 0.261. The molecule has 1 aromatic carbocycles. The van der Waals surface area contributed by atoms with Gasteiger partial charge in [-0.3, -0.25) is 0 Å². The molecule has 0 aromatic heterocycles. The van der Waals surface area contributed by atoms with E-state index in [1.54, 1.807) is 26.4 Å². The van der Waals surface area contributed by atoms with Crippen LogP contribution in [-0.4, -0.2) is 31.5 Å². The highest BCUT2D eigenvalue weighted by atomic mass is 16.5. The van der Waals surface area contributed by atoms with E-state index in [2.05, 4.69) is 5.32 Å². The van der Waals surface area contributed by atoms with Crippen LogP contribution in [0.25, 0.3) is 0 Å². The molecule has 5 heteroatoms. The largest absolute Gasteiger partial charge is 0.493 e. The summed E-state index contributed by atoms with van der Waals surface area (Å²) in [6.45, 7) is 4.12. The van der Waals surface area contributed by atoms with Crippen molar-refractivity contribution in [3.05, 3.63) is 12.1 Å². The van der Waals surface area contributed by atoms with E-state index in [0.717, 1.165) is 5.69 Å². The Bertz CT molecular complexity index is 405. The molecule has 1 aromatic rings. The molecule has 0 atom stereocenters. The fourth-order valence-electron chi connectivity index (χ4n) is 1.71. The number of hydrogen-bond donors (Lipinski definition) is 3. The van der Waals surface area contributed by atoms with Crippen LogP contribution in [0.2, 0.25) is 0 Å². The third-order valence-electron chi connectivity index (χ3n) is 2.77. The molecule has 0 spiro atoms. The number of rotatable bonds is 6. The fraction of sp³-hybridized carbons (Fsp3) is 0.538. The maximum atomic E-state index is 9.02. The lowest BCUT2D eigenvalue weighted by Gasteiger charge is -2.28. The quantitative estimate of drug-likeness (QED) is 0.675. The van der Waals surface area contributed by atoms with Crippen LogP contribution in [0.5, 0.6) is 11.5 Å². The van der Waals surface area contributed by atoms with Crippen molar-refractivity contribution in [3.8, 4) is 11.5 Å². The lowest BCUT2D eigenvalue weighted by atomic mass is 10.0. The molecule has 102 valence electrons. The summed E-state index contributed by atoms with van der Waals surface area (Å²) in [5.41, 5.74) is 7.07. The van der Waals surface area contributed by atoms with Gasteiger partial charge < -0.3 is 25.6 Å². The van der Waals surface area contributed by atoms with Gasteiger partial charge in [-0.25, -0.2) is 0 Å². The molecule has 0 fully saturated rings. The minimum atomic E-state index is -0.248. The summed E-state index contributed by atoms with van der Waals surface area (Å²) in [6.07, 6.45) is 0.626. The number of anilines is 2. The molecule has 4 N–H and O–H groups in total. The standard InChI is InChI=1S/C13H22N2O3/c1-13(2,5-6-16)15-10-8-12(18-4)11(17-3)7-9(10)14/h7-8,15-16H,5-6,14H2,1-4H3. The SMILES string of the molecule is COc1cc(N)c(NC(C)(C)CCO)cc1OC. The Labute approximate surface area is 108 Å². The molecular formula is C13H22N2O3. The monoisotopic (exact) mass is 254 g/mol. The summed E-state index contributed by atoms with van der Waals surface area (Å²) in [5.74, 6) is 1.22. The number of aliphatic hydroxyl groups is 1. The van der Waals surface area contributed by atoms with Crippen LogP contribution < -0.4 is 20.5 Å². The van der Waals surface area contributed by atoms with Gasteiger partial charge in [0.25, 0.3) is 0 Å². The minimum absolute atomic E-state index is 0.118. The van der Waals surface area contributed by atoms with Crippen molar-refractivity contribution < 1.29 is 14.6 Å². The zero-order valence-corrected chi connectivity index (χ0v) is 11.4. The number of hydrogen-bond acceptors (Lipinski definition) is 5. The summed E-state index contributed by atoms with van der Waals surface area (Å²) in [7, 11) is 3.15. The van der Waals surface area contributed by atoms with Crippen LogP contribution in [0.4, 0.5) is 11.4 Å². The van der Waals surface area contributed by atoms with E-state index in [1.807, 2.05) is 13.8 Å². The average Bonchev–Trinajstić information content (AvgIpc) is 2.30. The van der Waals surface area contributed by atoms with Gasteiger partial charge in [0.05, 0.1) is 25.6 Å². The first-order valence-electron chi connectivity index (χ1n) is 5.84. The summed E-state index contributed by atoms with van der Waals surface area (Å²) >= 11 is 0. The second-order valence-electron chi connectivity index (χ2n) is 4.78. The van der Waals surface area contributed by atoms with E-state index < -0.39 is 0 Å². The molecule has 0 bridgehead atoms. The first-order chi connectivity index (χ1) is 8.43. The molecule has 0 aliphatic heterocycles. The van der Waals surface area contributed by atoms with Gasteiger partial charge in [0.15, 0.2) is 11.5 Å². The smallest absolute Gasteiger partial charge is 0.162 e. The molecule has 0 aliphatic rings. The zero-order valence-electron chi connectivity index (χ0n) is 11.4. The lowest BCUT2D eigenvalue weighted by Crippen LogP contribution is -2.32.